The van der Waals surface area contributed by atoms with Crippen LogP contribution in [-0.4, -0.2) is 47.7 Å². The summed E-state index contributed by atoms with van der Waals surface area (Å²) < 4.78 is 0. The molecule has 1 fully saturated rings. The summed E-state index contributed by atoms with van der Waals surface area (Å²) in [5.41, 5.74) is 0.0626. The molecule has 4 heteroatoms. The Morgan fingerprint density at radius 3 is 2.33 bits per heavy atom. The van der Waals surface area contributed by atoms with Crippen LogP contribution in [0.15, 0.2) is 0 Å². The zero-order chi connectivity index (χ0) is 16.0. The Kier molecular flexibility index (Phi) is 7.14. The van der Waals surface area contributed by atoms with Crippen molar-refractivity contribution in [3.8, 4) is 0 Å². The number of hydrogen-bond acceptors (Lipinski definition) is 3. The molecule has 0 spiro atoms. The molecular weight excluding hydrogens is 264 g/mol. The van der Waals surface area contributed by atoms with Gasteiger partial charge in [-0.15, -0.1) is 0 Å². The molecule has 1 unspecified atom stereocenters. The number of carbonyl (C=O) groups excluding carboxylic acids is 1. The summed E-state index contributed by atoms with van der Waals surface area (Å²) in [7, 11) is 0. The maximum atomic E-state index is 12.2. The lowest BCUT2D eigenvalue weighted by atomic mass is 9.91. The van der Waals surface area contributed by atoms with E-state index in [-0.39, 0.29) is 17.4 Å². The van der Waals surface area contributed by atoms with E-state index in [1.54, 1.807) is 0 Å². The fourth-order valence-corrected chi connectivity index (χ4v) is 2.83. The second kappa shape index (κ2) is 8.14. The molecule has 1 heterocycles. The molecule has 0 aromatic heterocycles. The van der Waals surface area contributed by atoms with Crippen molar-refractivity contribution >= 4 is 5.91 Å². The topological polar surface area (TPSA) is 52.6 Å². The first-order valence-electron chi connectivity index (χ1n) is 8.36. The van der Waals surface area contributed by atoms with Crippen LogP contribution >= 0.6 is 0 Å². The van der Waals surface area contributed by atoms with Gasteiger partial charge in [0.15, 0.2) is 0 Å². The van der Waals surface area contributed by atoms with Gasteiger partial charge in [0.25, 0.3) is 0 Å². The van der Waals surface area contributed by atoms with E-state index in [9.17, 15) is 9.90 Å². The number of hydrogen-bond donors (Lipinski definition) is 2. The van der Waals surface area contributed by atoms with Crippen LogP contribution < -0.4 is 5.32 Å². The van der Waals surface area contributed by atoms with Gasteiger partial charge in [-0.1, -0.05) is 34.6 Å². The highest BCUT2D eigenvalue weighted by molar-refractivity contribution is 5.76. The van der Waals surface area contributed by atoms with Gasteiger partial charge in [-0.3, -0.25) is 4.79 Å². The van der Waals surface area contributed by atoms with Crippen molar-refractivity contribution in [3.63, 3.8) is 0 Å². The van der Waals surface area contributed by atoms with Crippen LogP contribution in [0.25, 0.3) is 0 Å². The minimum Gasteiger partial charge on any atom is -0.392 e. The second-order valence-corrected chi connectivity index (χ2v) is 8.08. The minimum atomic E-state index is -0.259. The molecule has 0 aliphatic carbocycles. The summed E-state index contributed by atoms with van der Waals surface area (Å²) in [6.45, 7) is 12.9. The van der Waals surface area contributed by atoms with Gasteiger partial charge < -0.3 is 15.3 Å². The predicted molar refractivity (Wildman–Crippen MR) is 87.1 cm³/mol. The largest absolute Gasteiger partial charge is 0.392 e. The summed E-state index contributed by atoms with van der Waals surface area (Å²) in [4.78, 5) is 14.2. The van der Waals surface area contributed by atoms with Gasteiger partial charge in [0, 0.05) is 32.1 Å². The van der Waals surface area contributed by atoms with Crippen LogP contribution in [0.3, 0.4) is 0 Å². The molecule has 4 nitrogen and oxygen atoms in total. The van der Waals surface area contributed by atoms with Gasteiger partial charge in [-0.05, 0) is 30.6 Å². The molecule has 0 bridgehead atoms. The highest BCUT2D eigenvalue weighted by atomic mass is 16.3. The zero-order valence-electron chi connectivity index (χ0n) is 14.5. The highest BCUT2D eigenvalue weighted by Crippen LogP contribution is 2.21. The number of likely N-dealkylation sites (tertiary alicyclic amines) is 1. The van der Waals surface area contributed by atoms with Crippen molar-refractivity contribution in [2.45, 2.75) is 72.4 Å². The molecule has 0 radical (unpaired) electrons. The molecule has 1 amide bonds. The number of aliphatic hydroxyl groups is 1. The molecule has 1 rings (SSSR count). The van der Waals surface area contributed by atoms with Crippen molar-refractivity contribution < 1.29 is 9.90 Å². The molecule has 1 aliphatic rings. The van der Waals surface area contributed by atoms with Crippen LogP contribution in [0.2, 0.25) is 0 Å². The Morgan fingerprint density at radius 1 is 1.29 bits per heavy atom. The standard InChI is InChI=1S/C17H34N2O2/c1-13(2)10-15(20)12-18-14-6-8-19(9-7-14)16(21)11-17(3,4)5/h13-15,18,20H,6-12H2,1-5H3. The maximum Gasteiger partial charge on any atom is 0.223 e. The Labute approximate surface area is 130 Å². The molecule has 21 heavy (non-hydrogen) atoms. The molecular formula is C17H34N2O2. The van der Waals surface area contributed by atoms with E-state index in [2.05, 4.69) is 39.9 Å². The van der Waals surface area contributed by atoms with Gasteiger partial charge in [0.1, 0.15) is 0 Å². The van der Waals surface area contributed by atoms with Crippen molar-refractivity contribution in [2.24, 2.45) is 11.3 Å². The van der Waals surface area contributed by atoms with Gasteiger partial charge in [0.05, 0.1) is 6.10 Å². The second-order valence-electron chi connectivity index (χ2n) is 8.08. The molecule has 1 saturated heterocycles. The third-order valence-electron chi connectivity index (χ3n) is 3.91. The quantitative estimate of drug-likeness (QED) is 0.792. The number of carbonyl (C=O) groups is 1. The van der Waals surface area contributed by atoms with Crippen LogP contribution in [0.1, 0.15) is 60.3 Å². The predicted octanol–water partition coefficient (Wildman–Crippen LogP) is 2.41. The van der Waals surface area contributed by atoms with Gasteiger partial charge >= 0.3 is 0 Å². The Balaban J connectivity index is 2.24. The monoisotopic (exact) mass is 298 g/mol. The van der Waals surface area contributed by atoms with Crippen LogP contribution in [0.5, 0.6) is 0 Å². The lowest BCUT2D eigenvalue weighted by molar-refractivity contribution is -0.134. The van der Waals surface area contributed by atoms with E-state index in [0.717, 1.165) is 32.4 Å². The Hall–Kier alpha value is -0.610. The SMILES string of the molecule is CC(C)CC(O)CNC1CCN(C(=O)CC(C)(C)C)CC1. The van der Waals surface area contributed by atoms with E-state index in [0.29, 0.717) is 24.9 Å². The Morgan fingerprint density at radius 2 is 1.86 bits per heavy atom. The first kappa shape index (κ1) is 18.4. The van der Waals surface area contributed by atoms with Crippen molar-refractivity contribution in [1.29, 1.82) is 0 Å². The summed E-state index contributed by atoms with van der Waals surface area (Å²) in [5.74, 6) is 0.805. The fraction of sp³-hybridized carbons (Fsp3) is 0.941. The molecule has 0 saturated carbocycles. The third kappa shape index (κ3) is 7.82. The number of nitrogens with zero attached hydrogens (tertiary/aromatic N) is 1. The summed E-state index contributed by atoms with van der Waals surface area (Å²) >= 11 is 0. The van der Waals surface area contributed by atoms with Crippen LogP contribution in [0.4, 0.5) is 0 Å². The third-order valence-corrected chi connectivity index (χ3v) is 3.91. The summed E-state index contributed by atoms with van der Waals surface area (Å²) in [6.07, 6.45) is 3.19. The molecule has 1 aliphatic heterocycles. The number of aliphatic hydroxyl groups excluding tert-OH is 1. The number of nitrogens with one attached hydrogen (secondary N) is 1. The molecule has 124 valence electrons. The van der Waals surface area contributed by atoms with E-state index < -0.39 is 0 Å². The van der Waals surface area contributed by atoms with E-state index in [4.69, 9.17) is 0 Å². The van der Waals surface area contributed by atoms with Gasteiger partial charge in [-0.2, -0.15) is 0 Å². The first-order chi connectivity index (χ1) is 9.67. The van der Waals surface area contributed by atoms with Crippen molar-refractivity contribution in [3.05, 3.63) is 0 Å². The zero-order valence-corrected chi connectivity index (χ0v) is 14.5. The first-order valence-corrected chi connectivity index (χ1v) is 8.36. The van der Waals surface area contributed by atoms with Gasteiger partial charge in [-0.25, -0.2) is 0 Å². The van der Waals surface area contributed by atoms with Crippen molar-refractivity contribution in [2.75, 3.05) is 19.6 Å². The number of piperidine rings is 1. The van der Waals surface area contributed by atoms with E-state index in [1.165, 1.54) is 0 Å². The van der Waals surface area contributed by atoms with E-state index in [1.807, 2.05) is 4.90 Å². The van der Waals surface area contributed by atoms with Crippen LogP contribution in [0, 0.1) is 11.3 Å². The van der Waals surface area contributed by atoms with Crippen LogP contribution in [-0.2, 0) is 4.79 Å². The Bertz CT molecular complexity index is 315. The average Bonchev–Trinajstić information content (AvgIpc) is 2.34. The number of rotatable bonds is 6. The fourth-order valence-electron chi connectivity index (χ4n) is 2.83. The smallest absolute Gasteiger partial charge is 0.223 e. The average molecular weight is 298 g/mol. The summed E-state index contributed by atoms with van der Waals surface area (Å²) in [5, 5.41) is 13.3. The normalized spacial score (nSPS) is 19.1. The molecule has 1 atom stereocenters. The molecule has 2 N–H and O–H groups in total. The minimum absolute atomic E-state index is 0.0626. The molecule has 0 aromatic rings. The summed E-state index contributed by atoms with van der Waals surface area (Å²) in [6, 6.07) is 0.436. The maximum absolute atomic E-state index is 12.2. The van der Waals surface area contributed by atoms with Crippen molar-refractivity contribution in [1.82, 2.24) is 10.2 Å². The van der Waals surface area contributed by atoms with E-state index >= 15 is 0 Å². The van der Waals surface area contributed by atoms with Gasteiger partial charge in [0.2, 0.25) is 5.91 Å². The number of amides is 1. The molecule has 0 aromatic carbocycles. The lowest BCUT2D eigenvalue weighted by Gasteiger charge is -2.34. The lowest BCUT2D eigenvalue weighted by Crippen LogP contribution is -2.47. The highest BCUT2D eigenvalue weighted by Gasteiger charge is 2.25.